The summed E-state index contributed by atoms with van der Waals surface area (Å²) in [5.74, 6) is -0.187. The van der Waals surface area contributed by atoms with Crippen molar-refractivity contribution in [1.82, 2.24) is 4.90 Å². The molecule has 1 unspecified atom stereocenters. The lowest BCUT2D eigenvalue weighted by Gasteiger charge is -2.35. The van der Waals surface area contributed by atoms with E-state index in [1.807, 2.05) is 36.4 Å². The minimum atomic E-state index is -0.195. The molecule has 0 saturated carbocycles. The fourth-order valence-electron chi connectivity index (χ4n) is 3.13. The van der Waals surface area contributed by atoms with E-state index in [9.17, 15) is 9.18 Å². The number of nitrogens with one attached hydrogen (secondary N) is 1. The van der Waals surface area contributed by atoms with Gasteiger partial charge in [0.2, 0.25) is 5.91 Å². The molecule has 0 radical (unpaired) electrons. The maximum absolute atomic E-state index is 13.5. The number of carbonyl (C=O) groups is 1. The summed E-state index contributed by atoms with van der Waals surface area (Å²) in [6.07, 6.45) is 1.34. The SMILES string of the molecule is CC1c2cc(F)ccc2CCN1CCC(=O)Nc1ccccc1. The Morgan fingerprint density at radius 1 is 1.26 bits per heavy atom. The third-order valence-electron chi connectivity index (χ3n) is 4.46. The van der Waals surface area contributed by atoms with E-state index < -0.39 is 0 Å². The number of para-hydroxylation sites is 1. The van der Waals surface area contributed by atoms with Gasteiger partial charge in [0.25, 0.3) is 0 Å². The normalized spacial score (nSPS) is 17.6. The minimum absolute atomic E-state index is 0.00781. The molecule has 2 aromatic rings. The van der Waals surface area contributed by atoms with Crippen molar-refractivity contribution >= 4 is 11.6 Å². The Labute approximate surface area is 136 Å². The van der Waals surface area contributed by atoms with Crippen LogP contribution in [0.1, 0.15) is 30.5 Å². The molecule has 3 nitrogen and oxygen atoms in total. The molecule has 1 aliphatic heterocycles. The van der Waals surface area contributed by atoms with Gasteiger partial charge in [0.15, 0.2) is 0 Å². The van der Waals surface area contributed by atoms with Crippen LogP contribution in [0.2, 0.25) is 0 Å². The van der Waals surface area contributed by atoms with Crippen molar-refractivity contribution in [3.8, 4) is 0 Å². The number of rotatable bonds is 4. The van der Waals surface area contributed by atoms with Crippen molar-refractivity contribution < 1.29 is 9.18 Å². The van der Waals surface area contributed by atoms with Gasteiger partial charge in [0, 0.05) is 31.2 Å². The van der Waals surface area contributed by atoms with Gasteiger partial charge in [-0.25, -0.2) is 4.39 Å². The lowest BCUT2D eigenvalue weighted by molar-refractivity contribution is -0.116. The van der Waals surface area contributed by atoms with Crippen LogP contribution in [0.3, 0.4) is 0 Å². The lowest BCUT2D eigenvalue weighted by atomic mass is 9.93. The maximum Gasteiger partial charge on any atom is 0.225 e. The van der Waals surface area contributed by atoms with Crippen LogP contribution in [-0.2, 0) is 11.2 Å². The van der Waals surface area contributed by atoms with E-state index in [1.165, 1.54) is 11.6 Å². The molecule has 4 heteroatoms. The number of hydrogen-bond acceptors (Lipinski definition) is 2. The third kappa shape index (κ3) is 3.77. The fraction of sp³-hybridized carbons (Fsp3) is 0.316. The molecule has 1 aliphatic rings. The third-order valence-corrected chi connectivity index (χ3v) is 4.46. The summed E-state index contributed by atoms with van der Waals surface area (Å²) in [7, 11) is 0. The van der Waals surface area contributed by atoms with Gasteiger partial charge in [-0.15, -0.1) is 0 Å². The molecular weight excluding hydrogens is 291 g/mol. The fourth-order valence-corrected chi connectivity index (χ4v) is 3.13. The molecule has 1 amide bonds. The smallest absolute Gasteiger partial charge is 0.225 e. The van der Waals surface area contributed by atoms with Gasteiger partial charge >= 0.3 is 0 Å². The summed E-state index contributed by atoms with van der Waals surface area (Å²) < 4.78 is 13.5. The largest absolute Gasteiger partial charge is 0.326 e. The van der Waals surface area contributed by atoms with E-state index in [0.29, 0.717) is 13.0 Å². The number of halogens is 1. The Hall–Kier alpha value is -2.20. The molecule has 23 heavy (non-hydrogen) atoms. The maximum atomic E-state index is 13.5. The van der Waals surface area contributed by atoms with Crippen LogP contribution in [0.15, 0.2) is 48.5 Å². The van der Waals surface area contributed by atoms with Crippen molar-refractivity contribution in [3.63, 3.8) is 0 Å². The highest BCUT2D eigenvalue weighted by atomic mass is 19.1. The molecule has 0 bridgehead atoms. The summed E-state index contributed by atoms with van der Waals surface area (Å²) in [5.41, 5.74) is 3.07. The van der Waals surface area contributed by atoms with Gasteiger partial charge < -0.3 is 5.32 Å². The molecule has 0 aliphatic carbocycles. The van der Waals surface area contributed by atoms with Crippen LogP contribution < -0.4 is 5.32 Å². The second-order valence-corrected chi connectivity index (χ2v) is 5.97. The van der Waals surface area contributed by atoms with Crippen LogP contribution in [0.5, 0.6) is 0 Å². The van der Waals surface area contributed by atoms with Crippen molar-refractivity contribution in [3.05, 3.63) is 65.5 Å². The van der Waals surface area contributed by atoms with Crippen molar-refractivity contribution in [1.29, 1.82) is 0 Å². The molecule has 0 aromatic heterocycles. The summed E-state index contributed by atoms with van der Waals surface area (Å²) >= 11 is 0. The summed E-state index contributed by atoms with van der Waals surface area (Å²) in [5, 5.41) is 2.90. The Kier molecular flexibility index (Phi) is 4.72. The highest BCUT2D eigenvalue weighted by Crippen LogP contribution is 2.29. The predicted octanol–water partition coefficient (Wildman–Crippen LogP) is 3.77. The quantitative estimate of drug-likeness (QED) is 0.932. The van der Waals surface area contributed by atoms with Crippen LogP contribution >= 0.6 is 0 Å². The molecule has 0 spiro atoms. The predicted molar refractivity (Wildman–Crippen MR) is 89.8 cm³/mol. The highest BCUT2D eigenvalue weighted by molar-refractivity contribution is 5.90. The molecule has 0 saturated heterocycles. The van der Waals surface area contributed by atoms with Crippen molar-refractivity contribution in [2.24, 2.45) is 0 Å². The number of amides is 1. The summed E-state index contributed by atoms with van der Waals surface area (Å²) in [6.45, 7) is 3.65. The van der Waals surface area contributed by atoms with Gasteiger partial charge in [0.05, 0.1) is 0 Å². The number of anilines is 1. The van der Waals surface area contributed by atoms with Crippen LogP contribution in [0.25, 0.3) is 0 Å². The standard InChI is InChI=1S/C19H21FN2O/c1-14-18-13-16(20)8-7-15(18)9-11-22(14)12-10-19(23)21-17-5-3-2-4-6-17/h2-8,13-14H,9-12H2,1H3,(H,21,23). The first kappa shape index (κ1) is 15.7. The van der Waals surface area contributed by atoms with E-state index in [0.717, 1.165) is 24.2 Å². The first-order chi connectivity index (χ1) is 11.1. The Morgan fingerprint density at radius 3 is 2.83 bits per heavy atom. The summed E-state index contributed by atoms with van der Waals surface area (Å²) in [4.78, 5) is 14.3. The lowest BCUT2D eigenvalue weighted by Crippen LogP contribution is -2.36. The first-order valence-corrected chi connectivity index (χ1v) is 8.01. The first-order valence-electron chi connectivity index (χ1n) is 8.01. The van der Waals surface area contributed by atoms with E-state index >= 15 is 0 Å². The molecule has 3 rings (SSSR count). The monoisotopic (exact) mass is 312 g/mol. The van der Waals surface area contributed by atoms with Crippen molar-refractivity contribution in [2.45, 2.75) is 25.8 Å². The number of nitrogens with zero attached hydrogens (tertiary/aromatic N) is 1. The van der Waals surface area contributed by atoms with Gasteiger partial charge in [-0.1, -0.05) is 24.3 Å². The zero-order valence-corrected chi connectivity index (χ0v) is 13.3. The Balaban J connectivity index is 1.58. The molecule has 1 atom stereocenters. The molecule has 2 aromatic carbocycles. The van der Waals surface area contributed by atoms with E-state index in [4.69, 9.17) is 0 Å². The van der Waals surface area contributed by atoms with Crippen molar-refractivity contribution in [2.75, 3.05) is 18.4 Å². The number of fused-ring (bicyclic) bond motifs is 1. The molecule has 1 heterocycles. The number of hydrogen-bond donors (Lipinski definition) is 1. The van der Waals surface area contributed by atoms with Crippen LogP contribution in [0, 0.1) is 5.82 Å². The topological polar surface area (TPSA) is 32.3 Å². The van der Waals surface area contributed by atoms with Crippen LogP contribution in [0.4, 0.5) is 10.1 Å². The highest BCUT2D eigenvalue weighted by Gasteiger charge is 2.24. The van der Waals surface area contributed by atoms with E-state index in [1.54, 1.807) is 6.07 Å². The number of carbonyl (C=O) groups excluding carboxylic acids is 1. The summed E-state index contributed by atoms with van der Waals surface area (Å²) in [6, 6.07) is 14.6. The van der Waals surface area contributed by atoms with Gasteiger partial charge in [0.1, 0.15) is 5.82 Å². The molecular formula is C19H21FN2O. The van der Waals surface area contributed by atoms with E-state index in [-0.39, 0.29) is 17.8 Å². The Bertz CT molecular complexity index is 687. The second kappa shape index (κ2) is 6.92. The average Bonchev–Trinajstić information content (AvgIpc) is 2.56. The van der Waals surface area contributed by atoms with Gasteiger partial charge in [-0.2, -0.15) is 0 Å². The zero-order chi connectivity index (χ0) is 16.2. The molecule has 0 fully saturated rings. The van der Waals surface area contributed by atoms with Gasteiger partial charge in [-0.3, -0.25) is 9.69 Å². The molecule has 120 valence electrons. The molecule has 1 N–H and O–H groups in total. The average molecular weight is 312 g/mol. The Morgan fingerprint density at radius 2 is 2.04 bits per heavy atom. The number of benzene rings is 2. The second-order valence-electron chi connectivity index (χ2n) is 5.97. The van der Waals surface area contributed by atoms with E-state index in [2.05, 4.69) is 17.1 Å². The minimum Gasteiger partial charge on any atom is -0.326 e. The van der Waals surface area contributed by atoms with Crippen LogP contribution in [-0.4, -0.2) is 23.9 Å². The van der Waals surface area contributed by atoms with Gasteiger partial charge in [-0.05, 0) is 48.7 Å². The zero-order valence-electron chi connectivity index (χ0n) is 13.3.